The molecule has 0 saturated carbocycles. The fourth-order valence-electron chi connectivity index (χ4n) is 8.33. The number of rotatable bonds is 3. The van der Waals surface area contributed by atoms with E-state index in [1.807, 2.05) is 0 Å². The van der Waals surface area contributed by atoms with Crippen LogP contribution in [0, 0.1) is 0 Å². The van der Waals surface area contributed by atoms with Crippen molar-refractivity contribution < 1.29 is 0 Å². The molecule has 0 amide bonds. The zero-order chi connectivity index (χ0) is 30.2. The second-order valence-electron chi connectivity index (χ2n) is 12.5. The Labute approximate surface area is 269 Å². The lowest BCUT2D eigenvalue weighted by Gasteiger charge is -2.39. The summed E-state index contributed by atoms with van der Waals surface area (Å²) < 4.78 is 2.55. The van der Waals surface area contributed by atoms with Gasteiger partial charge in [0.1, 0.15) is 0 Å². The SMILES string of the molecule is c1ccc(B2c3ccccc3N(c3ccccc3)c3cc4c5c(c32)c2ccccc2n5-c2ccccc2B4c2ccccc2)cc1. The average molecular weight is 582 g/mol. The highest BCUT2D eigenvalue weighted by atomic mass is 15.2. The molecule has 0 aliphatic carbocycles. The third-order valence-corrected chi connectivity index (χ3v) is 10.1. The van der Waals surface area contributed by atoms with Gasteiger partial charge in [-0.15, -0.1) is 0 Å². The predicted octanol–water partition coefficient (Wildman–Crippen LogP) is 5.91. The Balaban J connectivity index is 1.44. The van der Waals surface area contributed by atoms with Crippen LogP contribution in [0.3, 0.4) is 0 Å². The van der Waals surface area contributed by atoms with Crippen LogP contribution in [0.5, 0.6) is 0 Å². The van der Waals surface area contributed by atoms with Gasteiger partial charge in [-0.05, 0) is 58.2 Å². The number of anilines is 3. The maximum Gasteiger partial charge on any atom is 0.247 e. The Morgan fingerprint density at radius 2 is 0.957 bits per heavy atom. The number of fused-ring (bicyclic) bond motifs is 8. The van der Waals surface area contributed by atoms with Gasteiger partial charge in [0, 0.05) is 39.0 Å². The summed E-state index contributed by atoms with van der Waals surface area (Å²) in [5.41, 5.74) is 15.5. The van der Waals surface area contributed by atoms with Gasteiger partial charge < -0.3 is 9.47 Å². The van der Waals surface area contributed by atoms with Crippen LogP contribution in [-0.2, 0) is 0 Å². The molecule has 0 radical (unpaired) electrons. The zero-order valence-corrected chi connectivity index (χ0v) is 25.2. The van der Waals surface area contributed by atoms with Crippen LogP contribution in [0.4, 0.5) is 17.1 Å². The van der Waals surface area contributed by atoms with Gasteiger partial charge in [0.15, 0.2) is 0 Å². The first-order valence-electron chi connectivity index (χ1n) is 16.1. The molecule has 7 aromatic carbocycles. The van der Waals surface area contributed by atoms with Crippen molar-refractivity contribution in [1.29, 1.82) is 0 Å². The summed E-state index contributed by atoms with van der Waals surface area (Å²) >= 11 is 0. The number of para-hydroxylation sites is 4. The van der Waals surface area contributed by atoms with Gasteiger partial charge in [-0.25, -0.2) is 0 Å². The molecular weight excluding hydrogens is 554 g/mol. The predicted molar refractivity (Wildman–Crippen MR) is 198 cm³/mol. The summed E-state index contributed by atoms with van der Waals surface area (Å²) in [6, 6.07) is 62.6. The van der Waals surface area contributed by atoms with Crippen molar-refractivity contribution in [3.05, 3.63) is 170 Å². The van der Waals surface area contributed by atoms with E-state index in [9.17, 15) is 0 Å². The van der Waals surface area contributed by atoms with Crippen LogP contribution in [-0.4, -0.2) is 18.0 Å². The van der Waals surface area contributed by atoms with E-state index in [0.717, 1.165) is 0 Å². The lowest BCUT2D eigenvalue weighted by Crippen LogP contribution is -2.60. The molecule has 0 unspecified atom stereocenters. The highest BCUT2D eigenvalue weighted by molar-refractivity contribution is 7.01. The van der Waals surface area contributed by atoms with Crippen molar-refractivity contribution in [2.24, 2.45) is 0 Å². The van der Waals surface area contributed by atoms with Crippen molar-refractivity contribution in [2.75, 3.05) is 4.90 Å². The quantitative estimate of drug-likeness (QED) is 0.235. The van der Waals surface area contributed by atoms with E-state index in [2.05, 4.69) is 179 Å². The first-order chi connectivity index (χ1) is 22.9. The third kappa shape index (κ3) is 3.50. The Kier molecular flexibility index (Phi) is 5.50. The van der Waals surface area contributed by atoms with E-state index in [1.165, 1.54) is 77.3 Å². The molecule has 0 N–H and O–H groups in total. The molecule has 0 bridgehead atoms. The minimum Gasteiger partial charge on any atom is -0.312 e. The molecule has 2 aliphatic heterocycles. The molecule has 2 aliphatic rings. The number of benzene rings is 7. The van der Waals surface area contributed by atoms with Crippen LogP contribution < -0.4 is 37.7 Å². The normalized spacial score (nSPS) is 13.1. The van der Waals surface area contributed by atoms with Crippen molar-refractivity contribution in [3.8, 4) is 5.69 Å². The minimum atomic E-state index is 0.0769. The molecule has 1 aromatic heterocycles. The van der Waals surface area contributed by atoms with Crippen molar-refractivity contribution in [1.82, 2.24) is 4.57 Å². The van der Waals surface area contributed by atoms with Crippen molar-refractivity contribution in [2.45, 2.75) is 0 Å². The van der Waals surface area contributed by atoms with Gasteiger partial charge in [-0.2, -0.15) is 0 Å². The molecule has 3 heterocycles. The van der Waals surface area contributed by atoms with Crippen LogP contribution in [0.2, 0.25) is 0 Å². The lowest BCUT2D eigenvalue weighted by molar-refractivity contribution is 1.19. The van der Waals surface area contributed by atoms with E-state index < -0.39 is 0 Å². The Morgan fingerprint density at radius 1 is 0.413 bits per heavy atom. The Bertz CT molecular complexity index is 2430. The molecule has 212 valence electrons. The topological polar surface area (TPSA) is 8.17 Å². The summed E-state index contributed by atoms with van der Waals surface area (Å²) in [5, 5.41) is 2.65. The highest BCUT2D eigenvalue weighted by Crippen LogP contribution is 2.41. The average Bonchev–Trinajstić information content (AvgIpc) is 3.48. The fraction of sp³-hybridized carbons (Fsp3) is 0. The van der Waals surface area contributed by atoms with E-state index in [1.54, 1.807) is 0 Å². The zero-order valence-electron chi connectivity index (χ0n) is 25.2. The van der Waals surface area contributed by atoms with Gasteiger partial charge in [0.05, 0.1) is 5.52 Å². The van der Waals surface area contributed by atoms with Gasteiger partial charge in [-0.1, -0.05) is 144 Å². The second-order valence-corrected chi connectivity index (χ2v) is 12.5. The summed E-state index contributed by atoms with van der Waals surface area (Å²) in [6.45, 7) is 0.181. The van der Waals surface area contributed by atoms with Crippen LogP contribution in [0.1, 0.15) is 0 Å². The van der Waals surface area contributed by atoms with Crippen LogP contribution >= 0.6 is 0 Å². The standard InChI is InChI=1S/C42H28B2N2/c1-4-16-29(17-5-1)43-33-23-11-15-27-38(33)46-36-25-13-10-22-32(36)40-41-39(28-35(43)42(40)46)45(31-20-8-3-9-21-31)37-26-14-12-24-34(37)44(41)30-18-6-2-7-19-30/h1-28H. The van der Waals surface area contributed by atoms with E-state index in [0.29, 0.717) is 0 Å². The minimum absolute atomic E-state index is 0.0769. The lowest BCUT2D eigenvalue weighted by atomic mass is 9.32. The molecule has 8 aromatic rings. The molecule has 0 fully saturated rings. The molecule has 4 heteroatoms. The van der Waals surface area contributed by atoms with Crippen molar-refractivity contribution in [3.63, 3.8) is 0 Å². The van der Waals surface area contributed by atoms with Crippen LogP contribution in [0.25, 0.3) is 27.5 Å². The van der Waals surface area contributed by atoms with E-state index in [-0.39, 0.29) is 13.4 Å². The number of hydrogen-bond donors (Lipinski definition) is 0. The third-order valence-electron chi connectivity index (χ3n) is 10.1. The maximum absolute atomic E-state index is 2.55. The molecule has 0 spiro atoms. The monoisotopic (exact) mass is 582 g/mol. The molecule has 46 heavy (non-hydrogen) atoms. The summed E-state index contributed by atoms with van der Waals surface area (Å²) in [5.74, 6) is 0. The molecule has 2 nitrogen and oxygen atoms in total. The molecular formula is C42H28B2N2. The Morgan fingerprint density at radius 3 is 1.67 bits per heavy atom. The smallest absolute Gasteiger partial charge is 0.247 e. The largest absolute Gasteiger partial charge is 0.312 e. The maximum atomic E-state index is 2.55. The number of hydrogen-bond acceptors (Lipinski definition) is 1. The van der Waals surface area contributed by atoms with Gasteiger partial charge >= 0.3 is 0 Å². The molecule has 0 saturated heterocycles. The van der Waals surface area contributed by atoms with E-state index in [4.69, 9.17) is 0 Å². The van der Waals surface area contributed by atoms with Gasteiger partial charge in [-0.3, -0.25) is 0 Å². The fourth-order valence-corrected chi connectivity index (χ4v) is 8.33. The Hall–Kier alpha value is -5.73. The van der Waals surface area contributed by atoms with Gasteiger partial charge in [0.25, 0.3) is 0 Å². The molecule has 0 atom stereocenters. The van der Waals surface area contributed by atoms with Gasteiger partial charge in [0.2, 0.25) is 13.4 Å². The summed E-state index contributed by atoms with van der Waals surface area (Å²) in [7, 11) is 0. The van der Waals surface area contributed by atoms with Crippen LogP contribution in [0.15, 0.2) is 170 Å². The van der Waals surface area contributed by atoms with E-state index >= 15 is 0 Å². The number of nitrogens with zero attached hydrogens (tertiary/aromatic N) is 2. The summed E-state index contributed by atoms with van der Waals surface area (Å²) in [6.07, 6.45) is 0. The first-order valence-corrected chi connectivity index (χ1v) is 16.1. The summed E-state index contributed by atoms with van der Waals surface area (Å²) in [4.78, 5) is 2.51. The number of aromatic nitrogens is 1. The van der Waals surface area contributed by atoms with Crippen molar-refractivity contribution >= 4 is 85.1 Å². The highest BCUT2D eigenvalue weighted by Gasteiger charge is 2.41. The first kappa shape index (κ1) is 25.6. The molecule has 10 rings (SSSR count). The second kappa shape index (κ2) is 9.89.